The van der Waals surface area contributed by atoms with E-state index in [1.54, 1.807) is 13.8 Å². The molecule has 0 amide bonds. The fourth-order valence-electron chi connectivity index (χ4n) is 4.24. The number of carbonyl (C=O) groups excluding carboxylic acids is 1. The molecule has 2 heterocycles. The summed E-state index contributed by atoms with van der Waals surface area (Å²) < 4.78 is 1.90. The Balaban J connectivity index is 1.69. The van der Waals surface area contributed by atoms with Gasteiger partial charge in [-0.1, -0.05) is 11.3 Å². The molecule has 0 saturated carbocycles. The number of Topliss-reactive ketones (excluding diaryl/α,β-unsaturated/α-hetero) is 1. The Morgan fingerprint density at radius 2 is 1.93 bits per heavy atom. The lowest BCUT2D eigenvalue weighted by Gasteiger charge is -2.32. The minimum Gasteiger partial charge on any atom is -0.387 e. The summed E-state index contributed by atoms with van der Waals surface area (Å²) in [5, 5.41) is 17.9. The van der Waals surface area contributed by atoms with E-state index in [4.69, 9.17) is 0 Å². The zero-order valence-corrected chi connectivity index (χ0v) is 17.0. The highest BCUT2D eigenvalue weighted by atomic mass is 16.3. The van der Waals surface area contributed by atoms with E-state index in [0.717, 1.165) is 49.2 Å². The van der Waals surface area contributed by atoms with Crippen LogP contribution in [0.1, 0.15) is 77.1 Å². The van der Waals surface area contributed by atoms with E-state index in [-0.39, 0.29) is 5.78 Å². The van der Waals surface area contributed by atoms with Crippen LogP contribution in [0.15, 0.2) is 12.3 Å². The highest BCUT2D eigenvalue weighted by Gasteiger charge is 2.24. The first kappa shape index (κ1) is 19.7. The van der Waals surface area contributed by atoms with Gasteiger partial charge in [0.25, 0.3) is 0 Å². The van der Waals surface area contributed by atoms with Gasteiger partial charge in [0.1, 0.15) is 5.69 Å². The highest BCUT2D eigenvalue weighted by molar-refractivity contribution is 5.97. The third kappa shape index (κ3) is 4.12. The molecular formula is C21H30N4O2. The summed E-state index contributed by atoms with van der Waals surface area (Å²) in [5.74, 6) is 0.144. The van der Waals surface area contributed by atoms with Gasteiger partial charge < -0.3 is 5.11 Å². The van der Waals surface area contributed by atoms with Crippen LogP contribution in [0.5, 0.6) is 0 Å². The van der Waals surface area contributed by atoms with E-state index < -0.39 is 6.10 Å². The number of rotatable bonds is 5. The highest BCUT2D eigenvalue weighted by Crippen LogP contribution is 2.28. The van der Waals surface area contributed by atoms with Gasteiger partial charge in [-0.2, -0.15) is 0 Å². The maximum atomic E-state index is 12.0. The second-order valence-corrected chi connectivity index (χ2v) is 7.85. The number of carbonyl (C=O) groups is 1. The number of nitrogens with zero attached hydrogens (tertiary/aromatic N) is 4. The van der Waals surface area contributed by atoms with E-state index >= 15 is 0 Å². The minimum absolute atomic E-state index is 0.144. The van der Waals surface area contributed by atoms with Crippen molar-refractivity contribution in [3.05, 3.63) is 45.8 Å². The molecule has 1 aliphatic heterocycles. The second-order valence-electron chi connectivity index (χ2n) is 7.85. The summed E-state index contributed by atoms with van der Waals surface area (Å²) in [5.41, 5.74) is 6.23. The van der Waals surface area contributed by atoms with Crippen LogP contribution in [-0.2, 0) is 6.54 Å². The molecule has 146 valence electrons. The maximum absolute atomic E-state index is 12.0. The number of likely N-dealkylation sites (tertiary alicyclic amines) is 1. The summed E-state index contributed by atoms with van der Waals surface area (Å²) >= 11 is 0. The molecular weight excluding hydrogens is 340 g/mol. The Morgan fingerprint density at radius 1 is 1.26 bits per heavy atom. The Hall–Kier alpha value is -2.05. The Kier molecular flexibility index (Phi) is 5.77. The van der Waals surface area contributed by atoms with Crippen LogP contribution in [0.3, 0.4) is 0 Å². The van der Waals surface area contributed by atoms with Crippen molar-refractivity contribution in [2.45, 2.75) is 66.2 Å². The molecule has 3 rings (SSSR count). The lowest BCUT2D eigenvalue weighted by atomic mass is 9.91. The van der Waals surface area contributed by atoms with Crippen LogP contribution >= 0.6 is 0 Å². The van der Waals surface area contributed by atoms with E-state index in [0.29, 0.717) is 11.7 Å². The quantitative estimate of drug-likeness (QED) is 0.818. The van der Waals surface area contributed by atoms with Crippen LogP contribution in [0.4, 0.5) is 0 Å². The average Bonchev–Trinajstić information content (AvgIpc) is 3.09. The van der Waals surface area contributed by atoms with Crippen molar-refractivity contribution in [2.24, 2.45) is 0 Å². The first-order chi connectivity index (χ1) is 12.8. The zero-order chi connectivity index (χ0) is 19.7. The number of aliphatic hydroxyl groups excluding tert-OH is 1. The molecule has 0 radical (unpaired) electrons. The van der Waals surface area contributed by atoms with Gasteiger partial charge in [0, 0.05) is 25.2 Å². The smallest absolute Gasteiger partial charge is 0.160 e. The summed E-state index contributed by atoms with van der Waals surface area (Å²) in [4.78, 5) is 14.5. The van der Waals surface area contributed by atoms with E-state index in [1.165, 1.54) is 11.1 Å². The molecule has 27 heavy (non-hydrogen) atoms. The van der Waals surface area contributed by atoms with Crippen LogP contribution in [0, 0.1) is 20.8 Å². The van der Waals surface area contributed by atoms with Gasteiger partial charge >= 0.3 is 0 Å². The third-order valence-electron chi connectivity index (χ3n) is 5.75. The molecule has 1 saturated heterocycles. The SMILES string of the molecule is CC(=O)c1c(C)cc(C)c(CN2CCC(n3cc([C@H](C)O)nn3)CC2)c1C. The number of ketones is 1. The third-order valence-corrected chi connectivity index (χ3v) is 5.75. The van der Waals surface area contributed by atoms with Gasteiger partial charge in [-0.25, -0.2) is 4.68 Å². The molecule has 1 aromatic carbocycles. The van der Waals surface area contributed by atoms with E-state index in [1.807, 2.05) is 17.8 Å². The second kappa shape index (κ2) is 7.90. The molecule has 0 aliphatic carbocycles. The van der Waals surface area contributed by atoms with Crippen molar-refractivity contribution in [1.29, 1.82) is 0 Å². The van der Waals surface area contributed by atoms with Crippen molar-refractivity contribution in [1.82, 2.24) is 19.9 Å². The number of aromatic nitrogens is 3. The molecule has 0 unspecified atom stereocenters. The molecule has 0 spiro atoms. The predicted molar refractivity (Wildman–Crippen MR) is 105 cm³/mol. The summed E-state index contributed by atoms with van der Waals surface area (Å²) in [6, 6.07) is 2.47. The molecule has 1 atom stereocenters. The van der Waals surface area contributed by atoms with Gasteiger partial charge in [0.15, 0.2) is 5.78 Å². The molecule has 6 heteroatoms. The Bertz CT molecular complexity index is 833. The number of piperidine rings is 1. The minimum atomic E-state index is -0.582. The number of aryl methyl sites for hydroxylation is 2. The van der Waals surface area contributed by atoms with Crippen molar-refractivity contribution in [3.8, 4) is 0 Å². The standard InChI is InChI=1S/C21H30N4O2/c1-13-10-14(2)21(17(5)27)15(3)19(13)11-24-8-6-18(7-9-24)25-12-20(16(4)26)22-23-25/h10,12,16,18,26H,6-9,11H2,1-5H3/t16-/m0/s1. The van der Waals surface area contributed by atoms with Gasteiger partial charge in [0.05, 0.1) is 18.3 Å². The molecule has 2 aromatic rings. The van der Waals surface area contributed by atoms with Crippen LogP contribution < -0.4 is 0 Å². The summed E-state index contributed by atoms with van der Waals surface area (Å²) in [6.07, 6.45) is 3.29. The monoisotopic (exact) mass is 370 g/mol. The first-order valence-electron chi connectivity index (χ1n) is 9.70. The summed E-state index contributed by atoms with van der Waals surface area (Å²) in [7, 11) is 0. The van der Waals surface area contributed by atoms with Crippen molar-refractivity contribution in [2.75, 3.05) is 13.1 Å². The van der Waals surface area contributed by atoms with Gasteiger partial charge in [-0.15, -0.1) is 5.10 Å². The maximum Gasteiger partial charge on any atom is 0.160 e. The van der Waals surface area contributed by atoms with Crippen molar-refractivity contribution >= 4 is 5.78 Å². The molecule has 0 bridgehead atoms. The molecule has 1 aliphatic rings. The van der Waals surface area contributed by atoms with Crippen molar-refractivity contribution in [3.63, 3.8) is 0 Å². The number of benzene rings is 1. The lowest BCUT2D eigenvalue weighted by molar-refractivity contribution is 0.101. The normalized spacial score (nSPS) is 17.3. The molecule has 1 N–H and O–H groups in total. The van der Waals surface area contributed by atoms with Gasteiger partial charge in [0.2, 0.25) is 0 Å². The summed E-state index contributed by atoms with van der Waals surface area (Å²) in [6.45, 7) is 12.4. The number of aliphatic hydroxyl groups is 1. The lowest BCUT2D eigenvalue weighted by Crippen LogP contribution is -2.35. The first-order valence-corrected chi connectivity index (χ1v) is 9.70. The van der Waals surface area contributed by atoms with Gasteiger partial charge in [-0.3, -0.25) is 9.69 Å². The Morgan fingerprint density at radius 3 is 2.48 bits per heavy atom. The van der Waals surface area contributed by atoms with Crippen LogP contribution in [0.25, 0.3) is 0 Å². The Labute approximate surface area is 161 Å². The van der Waals surface area contributed by atoms with E-state index in [2.05, 4.69) is 35.1 Å². The zero-order valence-electron chi connectivity index (χ0n) is 17.0. The van der Waals surface area contributed by atoms with Gasteiger partial charge in [-0.05, 0) is 69.7 Å². The average molecular weight is 370 g/mol. The van der Waals surface area contributed by atoms with Crippen LogP contribution in [0.2, 0.25) is 0 Å². The molecule has 1 fully saturated rings. The molecule has 6 nitrogen and oxygen atoms in total. The predicted octanol–water partition coefficient (Wildman–Crippen LogP) is 3.30. The topological polar surface area (TPSA) is 71.2 Å². The van der Waals surface area contributed by atoms with E-state index in [9.17, 15) is 9.90 Å². The fourth-order valence-corrected chi connectivity index (χ4v) is 4.24. The fraction of sp³-hybridized carbons (Fsp3) is 0.571. The van der Waals surface area contributed by atoms with Crippen molar-refractivity contribution < 1.29 is 9.90 Å². The molecule has 1 aromatic heterocycles. The largest absolute Gasteiger partial charge is 0.387 e. The number of hydrogen-bond donors (Lipinski definition) is 1. The van der Waals surface area contributed by atoms with Crippen LogP contribution in [-0.4, -0.2) is 43.9 Å². The number of hydrogen-bond acceptors (Lipinski definition) is 5.